The SMILES string of the molecule is CCOC(=O)Cc1ccccc1OCc1cc(-c2cccc(CN)c2)c2cc(C(F)(F)F)[nH]c2c1. The van der Waals surface area contributed by atoms with Gasteiger partial charge in [0.15, 0.2) is 0 Å². The molecule has 0 bridgehead atoms. The highest BCUT2D eigenvalue weighted by Crippen LogP contribution is 2.37. The predicted molar refractivity (Wildman–Crippen MR) is 128 cm³/mol. The molecule has 182 valence electrons. The molecule has 0 saturated carbocycles. The van der Waals surface area contributed by atoms with Gasteiger partial charge in [-0.3, -0.25) is 4.79 Å². The molecule has 1 aromatic heterocycles. The summed E-state index contributed by atoms with van der Waals surface area (Å²) >= 11 is 0. The molecule has 0 fully saturated rings. The number of carbonyl (C=O) groups excluding carboxylic acids is 1. The number of halogens is 3. The van der Waals surface area contributed by atoms with Gasteiger partial charge in [0.1, 0.15) is 18.1 Å². The van der Waals surface area contributed by atoms with Crippen molar-refractivity contribution >= 4 is 16.9 Å². The topological polar surface area (TPSA) is 77.3 Å². The molecule has 4 rings (SSSR count). The van der Waals surface area contributed by atoms with E-state index in [9.17, 15) is 18.0 Å². The van der Waals surface area contributed by atoms with E-state index in [2.05, 4.69) is 4.98 Å². The molecular weight excluding hydrogens is 457 g/mol. The highest BCUT2D eigenvalue weighted by Gasteiger charge is 2.33. The third kappa shape index (κ3) is 5.66. The molecule has 35 heavy (non-hydrogen) atoms. The minimum atomic E-state index is -4.50. The Balaban J connectivity index is 1.71. The molecule has 0 amide bonds. The minimum Gasteiger partial charge on any atom is -0.489 e. The van der Waals surface area contributed by atoms with Crippen molar-refractivity contribution in [3.05, 3.63) is 89.1 Å². The van der Waals surface area contributed by atoms with Crippen molar-refractivity contribution in [1.82, 2.24) is 4.98 Å². The largest absolute Gasteiger partial charge is 0.489 e. The number of carbonyl (C=O) groups is 1. The van der Waals surface area contributed by atoms with E-state index in [1.54, 1.807) is 37.3 Å². The Morgan fingerprint density at radius 1 is 1.00 bits per heavy atom. The zero-order valence-electron chi connectivity index (χ0n) is 19.1. The molecule has 0 saturated heterocycles. The number of rotatable bonds is 8. The van der Waals surface area contributed by atoms with Crippen molar-refractivity contribution in [2.45, 2.75) is 32.7 Å². The van der Waals surface area contributed by atoms with E-state index in [1.165, 1.54) is 0 Å². The summed E-state index contributed by atoms with van der Waals surface area (Å²) < 4.78 is 51.3. The first-order chi connectivity index (χ1) is 16.8. The number of benzene rings is 3. The van der Waals surface area contributed by atoms with Gasteiger partial charge in [0.25, 0.3) is 0 Å². The summed E-state index contributed by atoms with van der Waals surface area (Å²) in [5.41, 5.74) is 8.92. The maximum absolute atomic E-state index is 13.4. The Labute approximate surface area is 200 Å². The summed E-state index contributed by atoms with van der Waals surface area (Å²) in [6, 6.07) is 19.1. The van der Waals surface area contributed by atoms with Crippen LogP contribution in [-0.2, 0) is 35.3 Å². The minimum absolute atomic E-state index is 0.0613. The van der Waals surface area contributed by atoms with E-state index in [1.807, 2.05) is 30.3 Å². The molecule has 0 aliphatic heterocycles. The van der Waals surface area contributed by atoms with Crippen LogP contribution < -0.4 is 10.5 Å². The van der Waals surface area contributed by atoms with Gasteiger partial charge in [-0.05, 0) is 59.5 Å². The fourth-order valence-corrected chi connectivity index (χ4v) is 3.96. The van der Waals surface area contributed by atoms with Crippen molar-refractivity contribution in [2.75, 3.05) is 6.61 Å². The quantitative estimate of drug-likeness (QED) is 0.302. The first-order valence-electron chi connectivity index (χ1n) is 11.2. The summed E-state index contributed by atoms with van der Waals surface area (Å²) in [7, 11) is 0. The number of esters is 1. The van der Waals surface area contributed by atoms with Crippen LogP contribution in [0.25, 0.3) is 22.0 Å². The molecule has 1 heterocycles. The molecule has 0 spiro atoms. The number of ether oxygens (including phenoxy) is 2. The van der Waals surface area contributed by atoms with Crippen LogP contribution >= 0.6 is 0 Å². The highest BCUT2D eigenvalue weighted by atomic mass is 19.4. The van der Waals surface area contributed by atoms with E-state index in [4.69, 9.17) is 15.2 Å². The molecule has 5 nitrogen and oxygen atoms in total. The van der Waals surface area contributed by atoms with Crippen LogP contribution in [0.3, 0.4) is 0 Å². The lowest BCUT2D eigenvalue weighted by atomic mass is 9.97. The fraction of sp³-hybridized carbons (Fsp3) is 0.222. The molecular formula is C27H25F3N2O3. The normalized spacial score (nSPS) is 11.6. The summed E-state index contributed by atoms with van der Waals surface area (Å²) in [5.74, 6) is 0.146. The number of nitrogens with two attached hydrogens (primary N) is 1. The monoisotopic (exact) mass is 482 g/mol. The van der Waals surface area contributed by atoms with Gasteiger partial charge in [0.2, 0.25) is 0 Å². The number of alkyl halides is 3. The van der Waals surface area contributed by atoms with Gasteiger partial charge < -0.3 is 20.2 Å². The summed E-state index contributed by atoms with van der Waals surface area (Å²) in [5, 5.41) is 0.456. The average molecular weight is 483 g/mol. The van der Waals surface area contributed by atoms with Crippen LogP contribution in [0.5, 0.6) is 5.75 Å². The van der Waals surface area contributed by atoms with E-state index < -0.39 is 11.9 Å². The predicted octanol–water partition coefficient (Wildman–Crippen LogP) is 6.00. The third-order valence-electron chi connectivity index (χ3n) is 5.58. The number of hydrogen-bond acceptors (Lipinski definition) is 4. The maximum atomic E-state index is 13.4. The van der Waals surface area contributed by atoms with Crippen molar-refractivity contribution < 1.29 is 27.4 Å². The summed E-state index contributed by atoms with van der Waals surface area (Å²) in [4.78, 5) is 14.4. The first kappa shape index (κ1) is 24.3. The van der Waals surface area contributed by atoms with Gasteiger partial charge in [-0.1, -0.05) is 36.4 Å². The number of aromatic nitrogens is 1. The van der Waals surface area contributed by atoms with Crippen LogP contribution in [0.4, 0.5) is 13.2 Å². The zero-order valence-corrected chi connectivity index (χ0v) is 19.1. The van der Waals surface area contributed by atoms with Gasteiger partial charge in [-0.25, -0.2) is 0 Å². The van der Waals surface area contributed by atoms with Crippen LogP contribution in [0, 0.1) is 0 Å². The lowest BCUT2D eigenvalue weighted by Crippen LogP contribution is -2.09. The van der Waals surface area contributed by atoms with Crippen molar-refractivity contribution in [1.29, 1.82) is 0 Å². The molecule has 0 unspecified atom stereocenters. The number of hydrogen-bond donors (Lipinski definition) is 2. The summed E-state index contributed by atoms with van der Waals surface area (Å²) in [6.45, 7) is 2.44. The highest BCUT2D eigenvalue weighted by molar-refractivity contribution is 5.96. The third-order valence-corrected chi connectivity index (χ3v) is 5.58. The fourth-order valence-electron chi connectivity index (χ4n) is 3.96. The lowest BCUT2D eigenvalue weighted by molar-refractivity contribution is -0.142. The zero-order chi connectivity index (χ0) is 25.0. The number of aromatic amines is 1. The van der Waals surface area contributed by atoms with Crippen molar-refractivity contribution in [2.24, 2.45) is 5.73 Å². The second-order valence-electron chi connectivity index (χ2n) is 8.07. The molecule has 3 aromatic carbocycles. The molecule has 4 aromatic rings. The number of para-hydroxylation sites is 1. The molecule has 0 aliphatic carbocycles. The van der Waals surface area contributed by atoms with Crippen LogP contribution in [0.15, 0.2) is 66.7 Å². The summed E-state index contributed by atoms with van der Waals surface area (Å²) in [6.07, 6.45) is -4.44. The second kappa shape index (κ2) is 10.2. The molecule has 8 heteroatoms. The first-order valence-corrected chi connectivity index (χ1v) is 11.2. The van der Waals surface area contributed by atoms with E-state index in [0.29, 0.717) is 39.9 Å². The smallest absolute Gasteiger partial charge is 0.431 e. The van der Waals surface area contributed by atoms with Gasteiger partial charge >= 0.3 is 12.1 Å². The Kier molecular flexibility index (Phi) is 7.12. The van der Waals surface area contributed by atoms with E-state index in [-0.39, 0.29) is 25.6 Å². The van der Waals surface area contributed by atoms with Gasteiger partial charge in [-0.15, -0.1) is 0 Å². The Morgan fingerprint density at radius 3 is 2.54 bits per heavy atom. The second-order valence-corrected chi connectivity index (χ2v) is 8.07. The van der Waals surface area contributed by atoms with Gasteiger partial charge in [0.05, 0.1) is 13.0 Å². The molecule has 0 radical (unpaired) electrons. The molecule has 3 N–H and O–H groups in total. The number of nitrogens with one attached hydrogen (secondary N) is 1. The maximum Gasteiger partial charge on any atom is 0.431 e. The van der Waals surface area contributed by atoms with Crippen LogP contribution in [0.2, 0.25) is 0 Å². The lowest BCUT2D eigenvalue weighted by Gasteiger charge is -2.13. The average Bonchev–Trinajstić information content (AvgIpc) is 3.28. The number of fused-ring (bicyclic) bond motifs is 1. The standard InChI is InChI=1S/C27H25F3N2O3/c1-2-34-26(33)13-20-7-3-4-9-24(20)35-16-18-11-21(19-8-5-6-17(10-19)15-31)22-14-25(27(28,29)30)32-23(22)12-18/h3-12,14,32H,2,13,15-16,31H2,1H3. The van der Waals surface area contributed by atoms with E-state index >= 15 is 0 Å². The Hall–Kier alpha value is -3.78. The Bertz CT molecular complexity index is 1350. The molecule has 0 aliphatic rings. The molecule has 0 atom stereocenters. The Morgan fingerprint density at radius 2 is 1.80 bits per heavy atom. The number of H-pyrrole nitrogens is 1. The van der Waals surface area contributed by atoms with Crippen molar-refractivity contribution in [3.8, 4) is 16.9 Å². The van der Waals surface area contributed by atoms with Crippen molar-refractivity contribution in [3.63, 3.8) is 0 Å². The van der Waals surface area contributed by atoms with Gasteiger partial charge in [-0.2, -0.15) is 13.2 Å². The van der Waals surface area contributed by atoms with Crippen LogP contribution in [-0.4, -0.2) is 17.6 Å². The van der Waals surface area contributed by atoms with Crippen LogP contribution in [0.1, 0.15) is 29.3 Å². The van der Waals surface area contributed by atoms with E-state index in [0.717, 1.165) is 17.2 Å². The van der Waals surface area contributed by atoms with Gasteiger partial charge in [0, 0.05) is 23.0 Å².